The molecule has 0 aliphatic rings. The Balaban J connectivity index is 1.48. The van der Waals surface area contributed by atoms with Crippen molar-refractivity contribution in [1.29, 1.82) is 0 Å². The van der Waals surface area contributed by atoms with Crippen molar-refractivity contribution in [2.45, 2.75) is 136 Å². The van der Waals surface area contributed by atoms with E-state index < -0.39 is 11.4 Å². The number of carbonyl (C=O) groups excluding carboxylic acids is 11. The number of carbonyl (C=O) groups is 11. The van der Waals surface area contributed by atoms with E-state index in [1.54, 1.807) is 86.6 Å². The fraction of sp³-hybridized carbons (Fsp3) is 0.561. The average Bonchev–Trinajstić information content (AvgIpc) is 1.33. The monoisotopic (exact) mass is 1300 g/mol. The first-order valence-corrected chi connectivity index (χ1v) is 31.9. The summed E-state index contributed by atoms with van der Waals surface area (Å²) < 4.78 is 35.2. The maximum absolute atomic E-state index is 13.6. The Hall–Kier alpha value is -8.69. The maximum atomic E-state index is 13.6. The van der Waals surface area contributed by atoms with Gasteiger partial charge in [0.25, 0.3) is 0 Å². The first kappa shape index (κ1) is 78.6. The zero-order valence-electron chi connectivity index (χ0n) is 54.7. The molecule has 0 saturated carbocycles. The predicted molar refractivity (Wildman–Crippen MR) is 349 cm³/mol. The van der Waals surface area contributed by atoms with Crippen LogP contribution < -0.4 is 67.4 Å². The number of hydrogen-bond donors (Lipinski definition) is 10. The number of ether oxygens (including phenoxy) is 6. The van der Waals surface area contributed by atoms with Gasteiger partial charge in [-0.05, 0) is 118 Å². The van der Waals surface area contributed by atoms with Gasteiger partial charge in [0.05, 0.1) is 59.5 Å². The van der Waals surface area contributed by atoms with Crippen LogP contribution in [0.3, 0.4) is 0 Å². The minimum Gasteiger partial charge on any atom is -0.494 e. The Morgan fingerprint density at radius 3 is 0.871 bits per heavy atom. The molecule has 0 heterocycles. The number of Topliss-reactive ketones (excluding diaryl/α,β-unsaturated/α-hetero) is 1. The normalized spacial score (nSPS) is 10.9. The summed E-state index contributed by atoms with van der Waals surface area (Å²) in [6, 6.07) is 20.7. The van der Waals surface area contributed by atoms with Gasteiger partial charge in [0.2, 0.25) is 59.1 Å². The van der Waals surface area contributed by atoms with Crippen molar-refractivity contribution in [2.24, 2.45) is 5.92 Å². The van der Waals surface area contributed by atoms with Crippen molar-refractivity contribution in [3.8, 4) is 17.2 Å². The molecule has 3 rings (SSSR count). The van der Waals surface area contributed by atoms with E-state index in [-0.39, 0.29) is 182 Å². The topological polar surface area (TPSA) is 363 Å². The van der Waals surface area contributed by atoms with E-state index in [2.05, 4.69) is 53.2 Å². The van der Waals surface area contributed by atoms with Gasteiger partial charge >= 0.3 is 0 Å². The Bertz CT molecular complexity index is 2500. The van der Waals surface area contributed by atoms with Crippen LogP contribution in [0, 0.1) is 5.92 Å². The summed E-state index contributed by atoms with van der Waals surface area (Å²) in [6.07, 6.45) is 3.85. The van der Waals surface area contributed by atoms with Crippen molar-refractivity contribution in [3.05, 3.63) is 72.8 Å². The highest BCUT2D eigenvalue weighted by molar-refractivity contribution is 5.90. The van der Waals surface area contributed by atoms with E-state index in [9.17, 15) is 52.7 Å². The van der Waals surface area contributed by atoms with E-state index in [4.69, 9.17) is 28.4 Å². The molecule has 0 spiro atoms. The second kappa shape index (κ2) is 47.2. The third-order valence-corrected chi connectivity index (χ3v) is 13.4. The lowest BCUT2D eigenvalue weighted by Gasteiger charge is -2.34. The van der Waals surface area contributed by atoms with E-state index in [1.165, 1.54) is 20.8 Å². The van der Waals surface area contributed by atoms with Gasteiger partial charge in [0.1, 0.15) is 28.6 Å². The number of nitrogens with one attached hydrogen (secondary N) is 10. The van der Waals surface area contributed by atoms with Crippen LogP contribution in [0.4, 0.5) is 17.1 Å². The minimum atomic E-state index is -1.39. The quantitative estimate of drug-likeness (QED) is 0.0340. The lowest BCUT2D eigenvalue weighted by molar-refractivity contribution is -0.131. The highest BCUT2D eigenvalue weighted by atomic mass is 16.5. The van der Waals surface area contributed by atoms with Crippen molar-refractivity contribution in [3.63, 3.8) is 0 Å². The van der Waals surface area contributed by atoms with Crippen molar-refractivity contribution in [2.75, 3.05) is 115 Å². The van der Waals surface area contributed by atoms with Gasteiger partial charge in [0, 0.05) is 134 Å². The summed E-state index contributed by atoms with van der Waals surface area (Å²) >= 11 is 0. The van der Waals surface area contributed by atoms with Gasteiger partial charge in [-0.2, -0.15) is 0 Å². The van der Waals surface area contributed by atoms with E-state index in [0.717, 1.165) is 0 Å². The van der Waals surface area contributed by atoms with Gasteiger partial charge in [-0.3, -0.25) is 52.7 Å². The van der Waals surface area contributed by atoms with Crippen LogP contribution in [0.15, 0.2) is 72.8 Å². The Labute approximate surface area is 545 Å². The molecule has 3 aromatic rings. The summed E-state index contributed by atoms with van der Waals surface area (Å²) in [4.78, 5) is 136. The lowest BCUT2D eigenvalue weighted by atomic mass is 10.0. The van der Waals surface area contributed by atoms with Crippen LogP contribution >= 0.6 is 0 Å². The van der Waals surface area contributed by atoms with Crippen molar-refractivity contribution >= 4 is 81.9 Å². The predicted octanol–water partition coefficient (Wildman–Crippen LogP) is 4.78. The number of amides is 10. The zero-order valence-corrected chi connectivity index (χ0v) is 54.7. The zero-order chi connectivity index (χ0) is 67.9. The van der Waals surface area contributed by atoms with E-state index in [1.807, 2.05) is 0 Å². The van der Waals surface area contributed by atoms with Crippen molar-refractivity contribution < 1.29 is 81.2 Å². The molecule has 10 amide bonds. The molecule has 3 aromatic carbocycles. The van der Waals surface area contributed by atoms with Gasteiger partial charge in [-0.1, -0.05) is 13.8 Å². The molecule has 27 heteroatoms. The highest BCUT2D eigenvalue weighted by Gasteiger charge is 2.34. The van der Waals surface area contributed by atoms with Crippen LogP contribution in [0.5, 0.6) is 17.2 Å². The third-order valence-electron chi connectivity index (χ3n) is 13.4. The molecule has 10 N–H and O–H groups in total. The summed E-state index contributed by atoms with van der Waals surface area (Å²) in [6.45, 7) is 9.78. The van der Waals surface area contributed by atoms with Crippen LogP contribution in [-0.4, -0.2) is 169 Å². The van der Waals surface area contributed by atoms with Crippen LogP contribution in [-0.2, 0) is 67.0 Å². The Kier molecular flexibility index (Phi) is 39.9. The summed E-state index contributed by atoms with van der Waals surface area (Å²) in [5, 5.41) is 27.9. The van der Waals surface area contributed by atoms with Gasteiger partial charge in [0.15, 0.2) is 0 Å². The molecule has 27 nitrogen and oxygen atoms in total. The molecule has 0 aliphatic carbocycles. The number of rotatable bonds is 51. The largest absolute Gasteiger partial charge is 0.494 e. The highest BCUT2D eigenvalue weighted by Crippen LogP contribution is 2.19. The number of ketones is 1. The van der Waals surface area contributed by atoms with Crippen molar-refractivity contribution in [1.82, 2.24) is 37.2 Å². The fourth-order valence-corrected chi connectivity index (χ4v) is 8.54. The molecule has 0 saturated heterocycles. The third kappa shape index (κ3) is 40.0. The molecule has 0 aromatic heterocycles. The fourth-order valence-electron chi connectivity index (χ4n) is 8.54. The molecule has 0 atom stereocenters. The molecular formula is C66H98N10O17. The standard InChI is InChI=1S/C66H98N10O17/c1-48(2)58(80)13-6-14-65(87)76-66(45-88-42-30-62(84)70-36-10-33-67-59(81)15-7-39-91-55-24-18-52(19-25-55)73-49(3)77,46-89-43-31-63(85)71-37-11-34-68-60(82)16-8-40-92-56-26-20-53(21-27-56)74-50(4)78)47-90-44-32-64(86)72-38-12-35-69-61(83)17-9-41-93-57-28-22-54(23-29-57)75-51(5)79/h18-29,48H,6-17,30-47H2,1-5H3,(H,67,81)(H,68,82)(H,69,83)(H,70,84)(H,71,85)(H,72,86)(H,73,77)(H,74,78)(H,75,79)(H,76,87). The molecule has 0 bridgehead atoms. The second-order valence-electron chi connectivity index (χ2n) is 22.3. The SMILES string of the molecule is CC(=O)Nc1ccc(OCCCC(=O)NCCCNC(=O)CCOCC(COCCC(=O)NCCCNC(=O)CCCOc2ccc(NC(C)=O)cc2)(COCCC(=O)NCCCNC(=O)CCCOc2ccc(NC(C)=O)cc2)NC(=O)CCCC(=O)C(C)C)cc1. The Morgan fingerprint density at radius 1 is 0.333 bits per heavy atom. The lowest BCUT2D eigenvalue weighted by Crippen LogP contribution is -2.58. The number of hydrogen-bond acceptors (Lipinski definition) is 17. The first-order valence-electron chi connectivity index (χ1n) is 31.9. The molecule has 0 aliphatic heterocycles. The molecule has 0 unspecified atom stereocenters. The van der Waals surface area contributed by atoms with Crippen LogP contribution in [0.1, 0.15) is 131 Å². The maximum Gasteiger partial charge on any atom is 0.222 e. The second-order valence-corrected chi connectivity index (χ2v) is 22.3. The summed E-state index contributed by atoms with van der Waals surface area (Å²) in [7, 11) is 0. The van der Waals surface area contributed by atoms with Gasteiger partial charge in [-0.25, -0.2) is 0 Å². The number of anilines is 3. The average molecular weight is 1300 g/mol. The van der Waals surface area contributed by atoms with Gasteiger partial charge < -0.3 is 81.6 Å². The van der Waals surface area contributed by atoms with Crippen LogP contribution in [0.2, 0.25) is 0 Å². The first-order chi connectivity index (χ1) is 44.7. The Morgan fingerprint density at radius 2 is 0.602 bits per heavy atom. The number of benzene rings is 3. The molecule has 0 fully saturated rings. The smallest absolute Gasteiger partial charge is 0.222 e. The molecule has 0 radical (unpaired) electrons. The summed E-state index contributed by atoms with van der Waals surface area (Å²) in [5.74, 6) is -0.773. The van der Waals surface area contributed by atoms with E-state index in [0.29, 0.717) is 112 Å². The molecule has 93 heavy (non-hydrogen) atoms. The van der Waals surface area contributed by atoms with Gasteiger partial charge in [-0.15, -0.1) is 0 Å². The van der Waals surface area contributed by atoms with E-state index >= 15 is 0 Å². The molecular weight excluding hydrogens is 1200 g/mol. The summed E-state index contributed by atoms with van der Waals surface area (Å²) in [5.41, 5.74) is 0.562. The van der Waals surface area contributed by atoms with Crippen LogP contribution in [0.25, 0.3) is 0 Å². The molecule has 514 valence electrons. The minimum absolute atomic E-state index is 0.00582.